The molecule has 1 fully saturated rings. The molecule has 1 N–H and O–H groups in total. The molecule has 0 unspecified atom stereocenters. The number of piperidine rings is 1. The molecule has 0 radical (unpaired) electrons. The van der Waals surface area contributed by atoms with E-state index in [0.717, 1.165) is 0 Å². The summed E-state index contributed by atoms with van der Waals surface area (Å²) in [7, 11) is 0. The molecule has 1 aromatic carbocycles. The Labute approximate surface area is 151 Å². The Morgan fingerprint density at radius 2 is 2.00 bits per heavy atom. The average Bonchev–Trinajstić information content (AvgIpc) is 2.49. The van der Waals surface area contributed by atoms with Crippen molar-refractivity contribution in [1.29, 1.82) is 0 Å². The van der Waals surface area contributed by atoms with E-state index in [9.17, 15) is 14.9 Å². The molecule has 1 aromatic rings. The van der Waals surface area contributed by atoms with Crippen LogP contribution in [0.1, 0.15) is 33.6 Å². The maximum Gasteiger partial charge on any atom is 0.422 e. The van der Waals surface area contributed by atoms with E-state index in [2.05, 4.69) is 5.43 Å². The molecule has 0 saturated carbocycles. The third kappa shape index (κ3) is 6.06. The van der Waals surface area contributed by atoms with E-state index in [4.69, 9.17) is 21.1 Å². The molecule has 25 heavy (non-hydrogen) atoms. The van der Waals surface area contributed by atoms with Crippen molar-refractivity contribution in [3.05, 3.63) is 33.3 Å². The summed E-state index contributed by atoms with van der Waals surface area (Å²) in [5.41, 5.74) is 2.09. The number of carbonyl (C=O) groups is 1. The summed E-state index contributed by atoms with van der Waals surface area (Å²) in [4.78, 5) is 22.0. The summed E-state index contributed by atoms with van der Waals surface area (Å²) in [6.45, 7) is 6.63. The molecule has 1 aliphatic rings. The number of benzene rings is 1. The van der Waals surface area contributed by atoms with Crippen molar-refractivity contribution in [2.75, 3.05) is 13.1 Å². The molecule has 1 saturated heterocycles. The van der Waals surface area contributed by atoms with Crippen LogP contribution in [0.15, 0.2) is 18.2 Å². The van der Waals surface area contributed by atoms with Crippen LogP contribution in [0.2, 0.25) is 5.02 Å². The summed E-state index contributed by atoms with van der Waals surface area (Å²) >= 11 is 6.04. The van der Waals surface area contributed by atoms with Crippen LogP contribution < -0.4 is 10.2 Å². The molecule has 1 aliphatic heterocycles. The van der Waals surface area contributed by atoms with Gasteiger partial charge < -0.3 is 9.47 Å². The van der Waals surface area contributed by atoms with Gasteiger partial charge in [0.25, 0.3) is 5.69 Å². The first kappa shape index (κ1) is 19.3. The monoisotopic (exact) mass is 371 g/mol. The standard InChI is InChI=1S/C16H22ClN3O5/c1-16(2,3)25-15(21)18-19-8-6-12(7-9-19)24-14-5-4-11(20(22)23)10-13(14)17/h4-5,10,12H,6-9H2,1-3H3,(H,18,21). The summed E-state index contributed by atoms with van der Waals surface area (Å²) in [6.07, 6.45) is 0.813. The Bertz CT molecular complexity index is 639. The highest BCUT2D eigenvalue weighted by atomic mass is 35.5. The van der Waals surface area contributed by atoms with Gasteiger partial charge in [-0.05, 0) is 39.7 Å². The minimum Gasteiger partial charge on any atom is -0.489 e. The number of rotatable bonds is 4. The van der Waals surface area contributed by atoms with Crippen LogP contribution in [0, 0.1) is 10.1 Å². The molecular formula is C16H22ClN3O5. The molecule has 1 heterocycles. The van der Waals surface area contributed by atoms with Gasteiger partial charge in [0, 0.05) is 25.2 Å². The van der Waals surface area contributed by atoms with Gasteiger partial charge in [-0.25, -0.2) is 9.80 Å². The lowest BCUT2D eigenvalue weighted by atomic mass is 10.1. The summed E-state index contributed by atoms with van der Waals surface area (Å²) in [5.74, 6) is 0.422. The lowest BCUT2D eigenvalue weighted by molar-refractivity contribution is -0.384. The number of nitrogens with one attached hydrogen (secondary N) is 1. The van der Waals surface area contributed by atoms with Gasteiger partial charge in [0.15, 0.2) is 0 Å². The second-order valence-corrected chi connectivity index (χ2v) is 7.20. The predicted molar refractivity (Wildman–Crippen MR) is 92.7 cm³/mol. The third-order valence-corrected chi connectivity index (χ3v) is 3.81. The van der Waals surface area contributed by atoms with Crippen molar-refractivity contribution in [2.24, 2.45) is 0 Å². The van der Waals surface area contributed by atoms with Crippen LogP contribution in [0.25, 0.3) is 0 Å². The maximum absolute atomic E-state index is 11.8. The normalized spacial score (nSPS) is 16.3. The number of nitro groups is 1. The van der Waals surface area contributed by atoms with Gasteiger partial charge in [-0.15, -0.1) is 0 Å². The summed E-state index contributed by atoms with van der Waals surface area (Å²) in [5, 5.41) is 12.7. The Balaban J connectivity index is 1.83. The molecule has 9 heteroatoms. The Morgan fingerprint density at radius 1 is 1.36 bits per heavy atom. The zero-order valence-electron chi connectivity index (χ0n) is 14.5. The fraction of sp³-hybridized carbons (Fsp3) is 0.562. The van der Waals surface area contributed by atoms with Crippen LogP contribution in [-0.2, 0) is 4.74 Å². The third-order valence-electron chi connectivity index (χ3n) is 3.51. The highest BCUT2D eigenvalue weighted by Gasteiger charge is 2.24. The van der Waals surface area contributed by atoms with E-state index in [0.29, 0.717) is 31.7 Å². The van der Waals surface area contributed by atoms with Crippen LogP contribution in [0.3, 0.4) is 0 Å². The number of nitrogens with zero attached hydrogens (tertiary/aromatic N) is 2. The first-order valence-corrected chi connectivity index (χ1v) is 8.37. The predicted octanol–water partition coefficient (Wildman–Crippen LogP) is 3.53. The average molecular weight is 372 g/mol. The molecule has 0 atom stereocenters. The van der Waals surface area contributed by atoms with E-state index in [1.807, 2.05) is 0 Å². The highest BCUT2D eigenvalue weighted by molar-refractivity contribution is 6.32. The Morgan fingerprint density at radius 3 is 2.52 bits per heavy atom. The van der Waals surface area contributed by atoms with Gasteiger partial charge in [0.1, 0.15) is 17.5 Å². The first-order chi connectivity index (χ1) is 11.6. The Hall–Kier alpha value is -2.06. The molecular weight excluding hydrogens is 350 g/mol. The molecule has 0 spiro atoms. The van der Waals surface area contributed by atoms with Crippen LogP contribution in [0.5, 0.6) is 5.75 Å². The van der Waals surface area contributed by atoms with Crippen molar-refractivity contribution in [1.82, 2.24) is 10.4 Å². The number of amides is 1. The molecule has 0 bridgehead atoms. The van der Waals surface area contributed by atoms with Gasteiger partial charge in [0.05, 0.1) is 9.95 Å². The molecule has 0 aliphatic carbocycles. The fourth-order valence-corrected chi connectivity index (χ4v) is 2.61. The SMILES string of the molecule is CC(C)(C)OC(=O)NN1CCC(Oc2ccc([N+](=O)[O-])cc2Cl)CC1. The van der Waals surface area contributed by atoms with Gasteiger partial charge >= 0.3 is 6.09 Å². The number of carbonyl (C=O) groups excluding carboxylic acids is 1. The van der Waals surface area contributed by atoms with Gasteiger partial charge in [-0.3, -0.25) is 15.5 Å². The maximum atomic E-state index is 11.8. The lowest BCUT2D eigenvalue weighted by Crippen LogP contribution is -2.49. The topological polar surface area (TPSA) is 93.9 Å². The zero-order valence-corrected chi connectivity index (χ0v) is 15.2. The Kier molecular flexibility index (Phi) is 6.07. The zero-order chi connectivity index (χ0) is 18.6. The van der Waals surface area contributed by atoms with Crippen molar-refractivity contribution < 1.29 is 19.2 Å². The minimum absolute atomic E-state index is 0.0735. The largest absolute Gasteiger partial charge is 0.489 e. The minimum atomic E-state index is -0.543. The molecule has 0 aromatic heterocycles. The first-order valence-electron chi connectivity index (χ1n) is 7.99. The lowest BCUT2D eigenvalue weighted by Gasteiger charge is -2.32. The highest BCUT2D eigenvalue weighted by Crippen LogP contribution is 2.30. The van der Waals surface area contributed by atoms with Crippen molar-refractivity contribution in [3.63, 3.8) is 0 Å². The number of hydrogen-bond acceptors (Lipinski definition) is 6. The molecule has 138 valence electrons. The summed E-state index contributed by atoms with van der Waals surface area (Å²) < 4.78 is 11.0. The van der Waals surface area contributed by atoms with Crippen molar-refractivity contribution in [2.45, 2.75) is 45.3 Å². The van der Waals surface area contributed by atoms with Gasteiger partial charge in [-0.2, -0.15) is 0 Å². The molecule has 1 amide bonds. The van der Waals surface area contributed by atoms with Crippen LogP contribution >= 0.6 is 11.6 Å². The van der Waals surface area contributed by atoms with Crippen LogP contribution in [-0.4, -0.2) is 40.8 Å². The number of hydrazine groups is 1. The second kappa shape index (κ2) is 7.88. The van der Waals surface area contributed by atoms with E-state index >= 15 is 0 Å². The second-order valence-electron chi connectivity index (χ2n) is 6.79. The number of non-ortho nitro benzene ring substituents is 1. The van der Waals surface area contributed by atoms with E-state index in [1.54, 1.807) is 25.8 Å². The van der Waals surface area contributed by atoms with E-state index in [-0.39, 0.29) is 16.8 Å². The number of nitro benzene ring substituents is 1. The van der Waals surface area contributed by atoms with Crippen molar-refractivity contribution in [3.8, 4) is 5.75 Å². The number of halogens is 1. The smallest absolute Gasteiger partial charge is 0.422 e. The number of hydrogen-bond donors (Lipinski definition) is 1. The van der Waals surface area contributed by atoms with E-state index in [1.165, 1.54) is 18.2 Å². The quantitative estimate of drug-likeness (QED) is 0.642. The summed E-state index contributed by atoms with van der Waals surface area (Å²) in [6, 6.07) is 4.14. The fourth-order valence-electron chi connectivity index (χ4n) is 2.39. The molecule has 8 nitrogen and oxygen atoms in total. The van der Waals surface area contributed by atoms with Gasteiger partial charge in [-0.1, -0.05) is 11.6 Å². The van der Waals surface area contributed by atoms with Gasteiger partial charge in [0.2, 0.25) is 0 Å². The van der Waals surface area contributed by atoms with Crippen LogP contribution in [0.4, 0.5) is 10.5 Å². The van der Waals surface area contributed by atoms with E-state index < -0.39 is 16.6 Å². The molecule has 2 rings (SSSR count). The number of ether oxygens (including phenoxy) is 2. The van der Waals surface area contributed by atoms with Crippen molar-refractivity contribution >= 4 is 23.4 Å².